The van der Waals surface area contributed by atoms with Gasteiger partial charge in [0.05, 0.1) is 11.1 Å². The van der Waals surface area contributed by atoms with Gasteiger partial charge in [-0.05, 0) is 6.07 Å². The Morgan fingerprint density at radius 3 is 3.00 bits per heavy atom. The SMILES string of the molecule is CNc1nccc(Sc2cnn(C)c2)n1. The molecule has 0 aliphatic carbocycles. The van der Waals surface area contributed by atoms with Crippen molar-refractivity contribution in [2.75, 3.05) is 12.4 Å². The van der Waals surface area contributed by atoms with E-state index < -0.39 is 0 Å². The van der Waals surface area contributed by atoms with E-state index in [2.05, 4.69) is 20.4 Å². The van der Waals surface area contributed by atoms with Gasteiger partial charge in [-0.1, -0.05) is 11.8 Å². The van der Waals surface area contributed by atoms with Crippen molar-refractivity contribution in [2.24, 2.45) is 7.05 Å². The van der Waals surface area contributed by atoms with Crippen LogP contribution in [0.1, 0.15) is 0 Å². The first-order valence-corrected chi connectivity index (χ1v) is 5.27. The summed E-state index contributed by atoms with van der Waals surface area (Å²) >= 11 is 1.56. The van der Waals surface area contributed by atoms with Gasteiger partial charge in [0.2, 0.25) is 5.95 Å². The molecule has 0 fully saturated rings. The molecule has 6 heteroatoms. The lowest BCUT2D eigenvalue weighted by Gasteiger charge is -2.00. The fourth-order valence-electron chi connectivity index (χ4n) is 1.09. The molecule has 2 aromatic rings. The maximum absolute atomic E-state index is 4.30. The number of hydrogen-bond acceptors (Lipinski definition) is 5. The van der Waals surface area contributed by atoms with Crippen molar-refractivity contribution in [3.05, 3.63) is 24.7 Å². The van der Waals surface area contributed by atoms with Crippen LogP contribution in [0, 0.1) is 0 Å². The lowest BCUT2D eigenvalue weighted by atomic mass is 10.7. The zero-order valence-electron chi connectivity index (χ0n) is 8.51. The van der Waals surface area contributed by atoms with Crippen molar-refractivity contribution in [1.29, 1.82) is 0 Å². The number of rotatable bonds is 3. The van der Waals surface area contributed by atoms with Gasteiger partial charge in [-0.3, -0.25) is 4.68 Å². The van der Waals surface area contributed by atoms with Gasteiger partial charge in [0.1, 0.15) is 5.03 Å². The second kappa shape index (κ2) is 4.31. The molecule has 2 heterocycles. The van der Waals surface area contributed by atoms with Gasteiger partial charge in [0, 0.05) is 26.5 Å². The molecule has 0 radical (unpaired) electrons. The second-order valence-corrected chi connectivity index (χ2v) is 4.01. The molecule has 1 N–H and O–H groups in total. The Hall–Kier alpha value is -1.56. The van der Waals surface area contributed by atoms with Crippen LogP contribution >= 0.6 is 11.8 Å². The molecule has 0 amide bonds. The maximum Gasteiger partial charge on any atom is 0.223 e. The predicted molar refractivity (Wildman–Crippen MR) is 58.9 cm³/mol. The highest BCUT2D eigenvalue weighted by Crippen LogP contribution is 2.25. The Labute approximate surface area is 91.9 Å². The Morgan fingerprint density at radius 1 is 1.47 bits per heavy atom. The molecular weight excluding hydrogens is 210 g/mol. The van der Waals surface area contributed by atoms with Gasteiger partial charge >= 0.3 is 0 Å². The molecule has 2 aromatic heterocycles. The topological polar surface area (TPSA) is 55.6 Å². The summed E-state index contributed by atoms with van der Waals surface area (Å²) in [6, 6.07) is 1.87. The van der Waals surface area contributed by atoms with Crippen LogP contribution in [-0.2, 0) is 7.05 Å². The molecular formula is C9H11N5S. The van der Waals surface area contributed by atoms with E-state index in [0.29, 0.717) is 5.95 Å². The fraction of sp³-hybridized carbons (Fsp3) is 0.222. The first-order chi connectivity index (χ1) is 7.28. The molecule has 78 valence electrons. The van der Waals surface area contributed by atoms with Gasteiger partial charge < -0.3 is 5.32 Å². The number of nitrogens with zero attached hydrogens (tertiary/aromatic N) is 4. The number of hydrogen-bond donors (Lipinski definition) is 1. The molecule has 5 nitrogen and oxygen atoms in total. The lowest BCUT2D eigenvalue weighted by Crippen LogP contribution is -1.95. The Balaban J connectivity index is 2.16. The highest BCUT2D eigenvalue weighted by molar-refractivity contribution is 7.99. The molecule has 0 aliphatic rings. The van der Waals surface area contributed by atoms with Crippen LogP contribution in [0.5, 0.6) is 0 Å². The minimum absolute atomic E-state index is 0.629. The summed E-state index contributed by atoms with van der Waals surface area (Å²) in [5.41, 5.74) is 0. The van der Waals surface area contributed by atoms with E-state index in [1.807, 2.05) is 25.5 Å². The van der Waals surface area contributed by atoms with Crippen molar-refractivity contribution in [3.63, 3.8) is 0 Å². The van der Waals surface area contributed by atoms with Gasteiger partial charge in [-0.2, -0.15) is 5.10 Å². The minimum Gasteiger partial charge on any atom is -0.357 e. The molecule has 15 heavy (non-hydrogen) atoms. The normalized spacial score (nSPS) is 10.3. The molecule has 0 atom stereocenters. The van der Waals surface area contributed by atoms with Crippen molar-refractivity contribution in [3.8, 4) is 0 Å². The van der Waals surface area contributed by atoms with E-state index in [1.54, 1.807) is 29.7 Å². The van der Waals surface area contributed by atoms with Crippen molar-refractivity contribution < 1.29 is 0 Å². The summed E-state index contributed by atoms with van der Waals surface area (Å²) in [6.45, 7) is 0. The third-order valence-electron chi connectivity index (χ3n) is 1.76. The monoisotopic (exact) mass is 221 g/mol. The van der Waals surface area contributed by atoms with E-state index >= 15 is 0 Å². The number of anilines is 1. The average molecular weight is 221 g/mol. The van der Waals surface area contributed by atoms with E-state index in [0.717, 1.165) is 9.92 Å². The van der Waals surface area contributed by atoms with Gasteiger partial charge in [0.25, 0.3) is 0 Å². The quantitative estimate of drug-likeness (QED) is 0.794. The van der Waals surface area contributed by atoms with Crippen LogP contribution in [0.25, 0.3) is 0 Å². The van der Waals surface area contributed by atoms with E-state index in [1.165, 1.54) is 0 Å². The Kier molecular flexibility index (Phi) is 2.86. The van der Waals surface area contributed by atoms with Crippen LogP contribution in [0.15, 0.2) is 34.6 Å². The van der Waals surface area contributed by atoms with Gasteiger partial charge in [0.15, 0.2) is 0 Å². The molecule has 0 saturated carbocycles. The maximum atomic E-state index is 4.30. The molecule has 0 spiro atoms. The third-order valence-corrected chi connectivity index (χ3v) is 2.64. The zero-order valence-corrected chi connectivity index (χ0v) is 9.32. The summed E-state index contributed by atoms with van der Waals surface area (Å²) in [4.78, 5) is 9.42. The Morgan fingerprint density at radius 2 is 2.33 bits per heavy atom. The van der Waals surface area contributed by atoms with E-state index in [4.69, 9.17) is 0 Å². The number of aryl methyl sites for hydroxylation is 1. The number of aromatic nitrogens is 4. The molecule has 0 aromatic carbocycles. The lowest BCUT2D eigenvalue weighted by molar-refractivity contribution is 0.766. The van der Waals surface area contributed by atoms with Gasteiger partial charge in [-0.25, -0.2) is 9.97 Å². The third kappa shape index (κ3) is 2.47. The summed E-state index contributed by atoms with van der Waals surface area (Å²) < 4.78 is 1.77. The van der Waals surface area contributed by atoms with E-state index in [9.17, 15) is 0 Å². The van der Waals surface area contributed by atoms with Crippen LogP contribution < -0.4 is 5.32 Å². The molecule has 0 aliphatic heterocycles. The van der Waals surface area contributed by atoms with Crippen molar-refractivity contribution >= 4 is 17.7 Å². The largest absolute Gasteiger partial charge is 0.357 e. The van der Waals surface area contributed by atoms with E-state index in [-0.39, 0.29) is 0 Å². The first kappa shape index (κ1) is 9.97. The Bertz CT molecular complexity index is 453. The zero-order chi connectivity index (χ0) is 10.7. The smallest absolute Gasteiger partial charge is 0.223 e. The summed E-state index contributed by atoms with van der Waals surface area (Å²) in [5, 5.41) is 7.90. The summed E-state index contributed by atoms with van der Waals surface area (Å²) in [6.07, 6.45) is 5.50. The molecule has 0 bridgehead atoms. The van der Waals surface area contributed by atoms with Crippen LogP contribution in [0.4, 0.5) is 5.95 Å². The van der Waals surface area contributed by atoms with Crippen LogP contribution in [0.2, 0.25) is 0 Å². The van der Waals surface area contributed by atoms with Crippen LogP contribution in [0.3, 0.4) is 0 Å². The minimum atomic E-state index is 0.629. The second-order valence-electron chi connectivity index (χ2n) is 2.92. The average Bonchev–Trinajstić information content (AvgIpc) is 2.64. The molecule has 2 rings (SSSR count). The molecule has 0 saturated heterocycles. The first-order valence-electron chi connectivity index (χ1n) is 4.45. The van der Waals surface area contributed by atoms with Gasteiger partial charge in [-0.15, -0.1) is 0 Å². The standard InChI is InChI=1S/C9H11N5S/c1-10-9-11-4-3-8(13-9)15-7-5-12-14(2)6-7/h3-6H,1-2H3,(H,10,11,13). The fourth-order valence-corrected chi connectivity index (χ4v) is 1.90. The summed E-state index contributed by atoms with van der Waals surface area (Å²) in [7, 11) is 3.69. The predicted octanol–water partition coefficient (Wildman–Crippen LogP) is 1.40. The summed E-state index contributed by atoms with van der Waals surface area (Å²) in [5.74, 6) is 0.629. The highest BCUT2D eigenvalue weighted by Gasteiger charge is 2.02. The van der Waals surface area contributed by atoms with Crippen LogP contribution in [-0.4, -0.2) is 26.8 Å². The van der Waals surface area contributed by atoms with Crippen molar-refractivity contribution in [2.45, 2.75) is 9.92 Å². The highest BCUT2D eigenvalue weighted by atomic mass is 32.2. The number of nitrogens with one attached hydrogen (secondary N) is 1. The van der Waals surface area contributed by atoms with Crippen molar-refractivity contribution in [1.82, 2.24) is 19.7 Å². The molecule has 0 unspecified atom stereocenters.